The molecule has 3 aromatic rings. The third-order valence-corrected chi connectivity index (χ3v) is 8.21. The number of ether oxygens (including phenoxy) is 1. The Morgan fingerprint density at radius 2 is 1.62 bits per heavy atom. The predicted octanol–water partition coefficient (Wildman–Crippen LogP) is 3.99. The van der Waals surface area contributed by atoms with Crippen molar-refractivity contribution in [2.45, 2.75) is 31.4 Å². The number of aliphatic carboxylic acids is 1. The molecule has 7 nitrogen and oxygen atoms in total. The van der Waals surface area contributed by atoms with E-state index in [0.29, 0.717) is 49.6 Å². The van der Waals surface area contributed by atoms with E-state index in [9.17, 15) is 27.1 Å². The van der Waals surface area contributed by atoms with E-state index in [-0.39, 0.29) is 23.5 Å². The summed E-state index contributed by atoms with van der Waals surface area (Å²) in [6.07, 6.45) is -0.183. The highest BCUT2D eigenvalue weighted by Gasteiger charge is 2.28. The molecule has 0 aliphatic carbocycles. The molecule has 0 saturated carbocycles. The van der Waals surface area contributed by atoms with Crippen LogP contribution >= 0.6 is 0 Å². The number of rotatable bonds is 9. The molecule has 0 bridgehead atoms. The van der Waals surface area contributed by atoms with E-state index in [1.807, 2.05) is 11.8 Å². The largest absolute Gasteiger partial charge is 0.488 e. The molecule has 0 atom stereocenters. The number of aryl methyl sites for hydroxylation is 1. The van der Waals surface area contributed by atoms with Crippen LogP contribution < -0.4 is 4.74 Å². The summed E-state index contributed by atoms with van der Waals surface area (Å²) in [6, 6.07) is 15.2. The molecule has 0 spiro atoms. The number of carbonyl (C=O) groups is 1. The summed E-state index contributed by atoms with van der Waals surface area (Å²) in [7, 11) is -3.61. The van der Waals surface area contributed by atoms with Gasteiger partial charge < -0.3 is 9.84 Å². The van der Waals surface area contributed by atoms with E-state index in [4.69, 9.17) is 4.74 Å². The average molecular weight is 531 g/mol. The van der Waals surface area contributed by atoms with Gasteiger partial charge in [0.25, 0.3) is 0 Å². The number of carboxylic acids is 1. The van der Waals surface area contributed by atoms with Gasteiger partial charge in [-0.1, -0.05) is 35.9 Å². The SMILES string of the molecule is Cc1ccc(S(=O)(=O)N2CCN(Cc3cc(CC(=O)O)ccc3OCc3c(F)cccc3F)CC2)cc1. The fraction of sp³-hybridized carbons (Fsp3) is 0.296. The van der Waals surface area contributed by atoms with Gasteiger partial charge in [0.2, 0.25) is 10.0 Å². The van der Waals surface area contributed by atoms with Crippen LogP contribution in [0.5, 0.6) is 5.75 Å². The van der Waals surface area contributed by atoms with Crippen molar-refractivity contribution in [1.29, 1.82) is 0 Å². The molecular weight excluding hydrogens is 502 g/mol. The molecule has 37 heavy (non-hydrogen) atoms. The van der Waals surface area contributed by atoms with Gasteiger partial charge in [-0.3, -0.25) is 9.69 Å². The van der Waals surface area contributed by atoms with Crippen LogP contribution in [0.3, 0.4) is 0 Å². The van der Waals surface area contributed by atoms with Crippen LogP contribution in [0, 0.1) is 18.6 Å². The Bertz CT molecular complexity index is 1350. The monoisotopic (exact) mass is 530 g/mol. The molecule has 1 aliphatic rings. The zero-order valence-electron chi connectivity index (χ0n) is 20.4. The first-order valence-electron chi connectivity index (χ1n) is 11.8. The summed E-state index contributed by atoms with van der Waals surface area (Å²) in [5, 5.41) is 9.19. The predicted molar refractivity (Wildman–Crippen MR) is 134 cm³/mol. The topological polar surface area (TPSA) is 87.2 Å². The summed E-state index contributed by atoms with van der Waals surface area (Å²) in [5.41, 5.74) is 2.00. The molecule has 196 valence electrons. The van der Waals surface area contributed by atoms with Gasteiger partial charge in [0.15, 0.2) is 0 Å². The van der Waals surface area contributed by atoms with Crippen LogP contribution in [0.4, 0.5) is 8.78 Å². The number of piperazine rings is 1. The second-order valence-electron chi connectivity index (χ2n) is 8.99. The third kappa shape index (κ3) is 6.51. The Kier molecular flexibility index (Phi) is 8.21. The zero-order valence-corrected chi connectivity index (χ0v) is 21.2. The van der Waals surface area contributed by atoms with Crippen LogP contribution in [-0.2, 0) is 34.4 Å². The first kappa shape index (κ1) is 26.7. The maximum Gasteiger partial charge on any atom is 0.307 e. The van der Waals surface area contributed by atoms with Crippen molar-refractivity contribution in [2.24, 2.45) is 0 Å². The van der Waals surface area contributed by atoms with Gasteiger partial charge in [-0.25, -0.2) is 17.2 Å². The van der Waals surface area contributed by atoms with Gasteiger partial charge in [0.1, 0.15) is 24.0 Å². The number of hydrogen-bond donors (Lipinski definition) is 1. The van der Waals surface area contributed by atoms with Crippen molar-refractivity contribution in [1.82, 2.24) is 9.21 Å². The maximum absolute atomic E-state index is 14.1. The number of carboxylic acid groups (broad SMARTS) is 1. The van der Waals surface area contributed by atoms with Crippen molar-refractivity contribution in [3.05, 3.63) is 94.6 Å². The highest BCUT2D eigenvalue weighted by atomic mass is 32.2. The molecule has 1 fully saturated rings. The summed E-state index contributed by atoms with van der Waals surface area (Å²) in [5.74, 6) is -2.03. The quantitative estimate of drug-likeness (QED) is 0.450. The van der Waals surface area contributed by atoms with E-state index < -0.39 is 27.6 Å². The first-order valence-corrected chi connectivity index (χ1v) is 13.3. The lowest BCUT2D eigenvalue weighted by molar-refractivity contribution is -0.136. The van der Waals surface area contributed by atoms with Gasteiger partial charge in [-0.15, -0.1) is 0 Å². The lowest BCUT2D eigenvalue weighted by Gasteiger charge is -2.34. The van der Waals surface area contributed by atoms with Crippen LogP contribution in [0.25, 0.3) is 0 Å². The van der Waals surface area contributed by atoms with Gasteiger partial charge >= 0.3 is 5.97 Å². The number of sulfonamides is 1. The van der Waals surface area contributed by atoms with Crippen molar-refractivity contribution in [3.63, 3.8) is 0 Å². The molecule has 0 aromatic heterocycles. The summed E-state index contributed by atoms with van der Waals surface area (Å²) in [6.45, 7) is 3.42. The normalized spacial score (nSPS) is 15.0. The van der Waals surface area contributed by atoms with Crippen molar-refractivity contribution in [3.8, 4) is 5.75 Å². The van der Waals surface area contributed by atoms with Crippen molar-refractivity contribution in [2.75, 3.05) is 26.2 Å². The molecule has 3 aromatic carbocycles. The molecule has 0 radical (unpaired) electrons. The molecule has 1 aliphatic heterocycles. The van der Waals surface area contributed by atoms with Gasteiger partial charge in [-0.05, 0) is 42.8 Å². The number of halogens is 2. The van der Waals surface area contributed by atoms with E-state index in [1.165, 1.54) is 10.4 Å². The molecule has 1 N–H and O–H groups in total. The highest BCUT2D eigenvalue weighted by Crippen LogP contribution is 2.26. The lowest BCUT2D eigenvalue weighted by atomic mass is 10.1. The number of nitrogens with zero attached hydrogens (tertiary/aromatic N) is 2. The Morgan fingerprint density at radius 3 is 2.24 bits per heavy atom. The Labute approximate surface area is 215 Å². The lowest BCUT2D eigenvalue weighted by Crippen LogP contribution is -2.48. The third-order valence-electron chi connectivity index (χ3n) is 6.30. The van der Waals surface area contributed by atoms with Crippen LogP contribution in [0.2, 0.25) is 0 Å². The smallest absolute Gasteiger partial charge is 0.307 e. The van der Waals surface area contributed by atoms with Crippen molar-refractivity contribution < 1.29 is 31.8 Å². The summed E-state index contributed by atoms with van der Waals surface area (Å²) >= 11 is 0. The van der Waals surface area contributed by atoms with Crippen LogP contribution in [-0.4, -0.2) is 54.9 Å². The highest BCUT2D eigenvalue weighted by molar-refractivity contribution is 7.89. The Morgan fingerprint density at radius 1 is 0.973 bits per heavy atom. The van der Waals surface area contributed by atoms with Gasteiger partial charge in [-0.2, -0.15) is 4.31 Å². The minimum Gasteiger partial charge on any atom is -0.488 e. The minimum absolute atomic E-state index is 0.183. The summed E-state index contributed by atoms with van der Waals surface area (Å²) in [4.78, 5) is 13.5. The second kappa shape index (κ2) is 11.4. The van der Waals surface area contributed by atoms with Crippen LogP contribution in [0.15, 0.2) is 65.6 Å². The number of benzene rings is 3. The maximum atomic E-state index is 14.1. The average Bonchev–Trinajstić information content (AvgIpc) is 2.85. The van der Waals surface area contributed by atoms with E-state index in [2.05, 4.69) is 0 Å². The first-order chi connectivity index (χ1) is 17.6. The molecular formula is C27H28F2N2O5S. The van der Waals surface area contributed by atoms with E-state index in [1.54, 1.807) is 42.5 Å². The molecule has 1 heterocycles. The van der Waals surface area contributed by atoms with Gasteiger partial charge in [0, 0.05) is 38.3 Å². The van der Waals surface area contributed by atoms with Gasteiger partial charge in [0.05, 0.1) is 16.9 Å². The fourth-order valence-electron chi connectivity index (χ4n) is 4.23. The fourth-order valence-corrected chi connectivity index (χ4v) is 5.65. The zero-order chi connectivity index (χ0) is 26.6. The molecule has 10 heteroatoms. The molecule has 0 unspecified atom stereocenters. The van der Waals surface area contributed by atoms with Crippen LogP contribution in [0.1, 0.15) is 22.3 Å². The second-order valence-corrected chi connectivity index (χ2v) is 10.9. The minimum atomic E-state index is -3.61. The Balaban J connectivity index is 1.47. The number of hydrogen-bond acceptors (Lipinski definition) is 5. The molecule has 4 rings (SSSR count). The summed E-state index contributed by atoms with van der Waals surface area (Å²) < 4.78 is 61.4. The molecule has 0 amide bonds. The van der Waals surface area contributed by atoms with E-state index in [0.717, 1.165) is 17.7 Å². The standard InChI is InChI=1S/C27H28F2N2O5S/c1-19-5-8-22(9-6-19)37(34,35)31-13-11-30(12-14-31)17-21-15-20(16-27(32)33)7-10-26(21)36-18-23-24(28)3-2-4-25(23)29/h2-10,15H,11-14,16-18H2,1H3,(H,32,33). The van der Waals surface area contributed by atoms with Crippen molar-refractivity contribution >= 4 is 16.0 Å². The Hall–Kier alpha value is -3.34. The molecule has 1 saturated heterocycles. The van der Waals surface area contributed by atoms with E-state index >= 15 is 0 Å².